The van der Waals surface area contributed by atoms with Crippen LogP contribution in [0.2, 0.25) is 0 Å². The first-order chi connectivity index (χ1) is 14.2. The molecular weight excluding hydrogens is 368 g/mol. The van der Waals surface area contributed by atoms with E-state index in [1.54, 1.807) is 36.8 Å². The van der Waals surface area contributed by atoms with Crippen molar-refractivity contribution in [3.8, 4) is 11.1 Å². The Kier molecular flexibility index (Phi) is 4.94. The molecule has 2 N–H and O–H groups in total. The summed E-state index contributed by atoms with van der Waals surface area (Å²) in [5, 5.41) is 5.69. The van der Waals surface area contributed by atoms with Gasteiger partial charge >= 0.3 is 12.0 Å². The van der Waals surface area contributed by atoms with Crippen LogP contribution in [0.5, 0.6) is 0 Å². The summed E-state index contributed by atoms with van der Waals surface area (Å²) in [5.41, 5.74) is 3.66. The zero-order valence-corrected chi connectivity index (χ0v) is 15.6. The van der Waals surface area contributed by atoms with Crippen molar-refractivity contribution in [1.29, 1.82) is 0 Å². The van der Waals surface area contributed by atoms with Crippen LogP contribution in [-0.4, -0.2) is 28.5 Å². The van der Waals surface area contributed by atoms with E-state index in [9.17, 15) is 9.59 Å². The summed E-state index contributed by atoms with van der Waals surface area (Å²) < 4.78 is 6.50. The highest BCUT2D eigenvalue weighted by atomic mass is 16.5. The molecule has 4 rings (SSSR count). The number of pyridine rings is 1. The highest BCUT2D eigenvalue weighted by molar-refractivity contribution is 6.02. The summed E-state index contributed by atoms with van der Waals surface area (Å²) in [7, 11) is 1.32. The standard InChI is InChI=1S/C22H18N4O3/c1-29-21(27)16-7-9-17(10-8-16)24-22(28)25-20-19(15-5-3-2-4-6-15)12-11-18-13-23-14-26(18)20/h2-14H,1H3,(H2,24,25,28). The van der Waals surface area contributed by atoms with Crippen LogP contribution in [0.3, 0.4) is 0 Å². The molecule has 0 aliphatic heterocycles. The maximum Gasteiger partial charge on any atom is 0.337 e. The third kappa shape index (κ3) is 3.79. The Hall–Kier alpha value is -4.13. The molecule has 2 amide bonds. The number of nitrogens with zero attached hydrogens (tertiary/aromatic N) is 2. The summed E-state index contributed by atoms with van der Waals surface area (Å²) in [4.78, 5) is 28.4. The predicted octanol–water partition coefficient (Wildman–Crippen LogP) is 4.43. The second-order valence-corrected chi connectivity index (χ2v) is 6.30. The number of hydrogen-bond donors (Lipinski definition) is 2. The average Bonchev–Trinajstić information content (AvgIpc) is 3.24. The third-order valence-corrected chi connectivity index (χ3v) is 4.46. The molecule has 2 aromatic carbocycles. The first-order valence-electron chi connectivity index (χ1n) is 8.92. The molecule has 0 bridgehead atoms. The van der Waals surface area contributed by atoms with Gasteiger partial charge in [0.1, 0.15) is 12.1 Å². The Balaban J connectivity index is 1.61. The molecule has 4 aromatic rings. The van der Waals surface area contributed by atoms with E-state index in [4.69, 9.17) is 0 Å². The molecule has 0 aliphatic rings. The molecule has 0 saturated carbocycles. The zero-order valence-electron chi connectivity index (χ0n) is 15.6. The van der Waals surface area contributed by atoms with Gasteiger partial charge in [-0.3, -0.25) is 9.72 Å². The number of anilines is 2. The van der Waals surface area contributed by atoms with E-state index in [0.29, 0.717) is 17.1 Å². The minimum atomic E-state index is -0.430. The molecule has 0 radical (unpaired) electrons. The van der Waals surface area contributed by atoms with Gasteiger partial charge in [0.15, 0.2) is 0 Å². The van der Waals surface area contributed by atoms with Gasteiger partial charge in [0.05, 0.1) is 24.4 Å². The van der Waals surface area contributed by atoms with Crippen molar-refractivity contribution in [2.75, 3.05) is 17.7 Å². The summed E-state index contributed by atoms with van der Waals surface area (Å²) in [6.07, 6.45) is 3.38. The van der Waals surface area contributed by atoms with E-state index < -0.39 is 12.0 Å². The number of esters is 1. The maximum atomic E-state index is 12.7. The highest BCUT2D eigenvalue weighted by Gasteiger charge is 2.13. The molecule has 144 valence electrons. The van der Waals surface area contributed by atoms with Gasteiger partial charge in [-0.05, 0) is 42.0 Å². The van der Waals surface area contributed by atoms with Crippen LogP contribution in [0.1, 0.15) is 10.4 Å². The monoisotopic (exact) mass is 386 g/mol. The lowest BCUT2D eigenvalue weighted by molar-refractivity contribution is 0.0600. The Labute approximate surface area is 167 Å². The minimum absolute atomic E-state index is 0.408. The van der Waals surface area contributed by atoms with E-state index in [2.05, 4.69) is 20.4 Å². The van der Waals surface area contributed by atoms with E-state index in [-0.39, 0.29) is 0 Å². The van der Waals surface area contributed by atoms with Gasteiger partial charge in [-0.2, -0.15) is 0 Å². The number of aromatic nitrogens is 2. The van der Waals surface area contributed by atoms with Crippen molar-refractivity contribution in [2.45, 2.75) is 0 Å². The van der Waals surface area contributed by atoms with Gasteiger partial charge in [-0.25, -0.2) is 14.6 Å². The molecule has 0 aliphatic carbocycles. The largest absolute Gasteiger partial charge is 0.465 e. The van der Waals surface area contributed by atoms with Crippen molar-refractivity contribution in [2.24, 2.45) is 0 Å². The quantitative estimate of drug-likeness (QED) is 0.508. The number of imidazole rings is 1. The number of fused-ring (bicyclic) bond motifs is 1. The number of carbonyl (C=O) groups excluding carboxylic acids is 2. The van der Waals surface area contributed by atoms with Crippen LogP contribution in [-0.2, 0) is 4.74 Å². The molecule has 7 nitrogen and oxygen atoms in total. The fraction of sp³-hybridized carbons (Fsp3) is 0.0455. The topological polar surface area (TPSA) is 84.7 Å². The van der Waals surface area contributed by atoms with Gasteiger partial charge in [0.25, 0.3) is 0 Å². The molecule has 7 heteroatoms. The van der Waals surface area contributed by atoms with Crippen molar-refractivity contribution in [3.05, 3.63) is 84.8 Å². The maximum absolute atomic E-state index is 12.7. The summed E-state index contributed by atoms with van der Waals surface area (Å²) >= 11 is 0. The Morgan fingerprint density at radius 1 is 0.931 bits per heavy atom. The summed E-state index contributed by atoms with van der Waals surface area (Å²) in [6, 6.07) is 19.7. The van der Waals surface area contributed by atoms with E-state index in [0.717, 1.165) is 16.6 Å². The van der Waals surface area contributed by atoms with Crippen LogP contribution in [0.25, 0.3) is 16.6 Å². The van der Waals surface area contributed by atoms with Crippen LogP contribution >= 0.6 is 0 Å². The fourth-order valence-corrected chi connectivity index (χ4v) is 3.05. The van der Waals surface area contributed by atoms with Gasteiger partial charge in [0, 0.05) is 11.3 Å². The third-order valence-electron chi connectivity index (χ3n) is 4.46. The number of hydrogen-bond acceptors (Lipinski definition) is 4. The molecule has 0 fully saturated rings. The minimum Gasteiger partial charge on any atom is -0.465 e. The molecule has 0 saturated heterocycles. The SMILES string of the molecule is COC(=O)c1ccc(NC(=O)Nc2c(-c3ccccc3)ccc3cncn23)cc1. The lowest BCUT2D eigenvalue weighted by Crippen LogP contribution is -2.21. The van der Waals surface area contributed by atoms with Gasteiger partial charge in [-0.1, -0.05) is 30.3 Å². The number of methoxy groups -OCH3 is 1. The van der Waals surface area contributed by atoms with Gasteiger partial charge in [-0.15, -0.1) is 0 Å². The lowest BCUT2D eigenvalue weighted by atomic mass is 10.1. The molecule has 0 spiro atoms. The molecular formula is C22H18N4O3. The number of carbonyl (C=O) groups is 2. The number of benzene rings is 2. The normalized spacial score (nSPS) is 10.5. The number of nitrogens with one attached hydrogen (secondary N) is 2. The summed E-state index contributed by atoms with van der Waals surface area (Å²) in [5.74, 6) is 0.176. The van der Waals surface area contributed by atoms with Crippen LogP contribution in [0, 0.1) is 0 Å². The molecule has 29 heavy (non-hydrogen) atoms. The Bertz CT molecular complexity index is 1170. The number of urea groups is 1. The lowest BCUT2D eigenvalue weighted by Gasteiger charge is -2.14. The smallest absolute Gasteiger partial charge is 0.337 e. The second kappa shape index (κ2) is 7.85. The molecule has 0 atom stereocenters. The van der Waals surface area contributed by atoms with Crippen molar-refractivity contribution in [1.82, 2.24) is 9.38 Å². The van der Waals surface area contributed by atoms with Crippen molar-refractivity contribution in [3.63, 3.8) is 0 Å². The average molecular weight is 386 g/mol. The van der Waals surface area contributed by atoms with E-state index >= 15 is 0 Å². The van der Waals surface area contributed by atoms with Gasteiger partial charge in [0.2, 0.25) is 0 Å². The van der Waals surface area contributed by atoms with Crippen LogP contribution in [0.15, 0.2) is 79.3 Å². The van der Waals surface area contributed by atoms with E-state index in [1.165, 1.54) is 7.11 Å². The highest BCUT2D eigenvalue weighted by Crippen LogP contribution is 2.29. The number of rotatable bonds is 4. The van der Waals surface area contributed by atoms with E-state index in [1.807, 2.05) is 46.9 Å². The Morgan fingerprint density at radius 2 is 1.69 bits per heavy atom. The fourth-order valence-electron chi connectivity index (χ4n) is 3.05. The van der Waals surface area contributed by atoms with Crippen LogP contribution in [0.4, 0.5) is 16.3 Å². The predicted molar refractivity (Wildman–Crippen MR) is 111 cm³/mol. The number of ether oxygens (including phenoxy) is 1. The summed E-state index contributed by atoms with van der Waals surface area (Å²) in [6.45, 7) is 0. The number of amides is 2. The second-order valence-electron chi connectivity index (χ2n) is 6.30. The first kappa shape index (κ1) is 18.2. The van der Waals surface area contributed by atoms with Crippen molar-refractivity contribution < 1.29 is 14.3 Å². The van der Waals surface area contributed by atoms with Crippen LogP contribution < -0.4 is 10.6 Å². The van der Waals surface area contributed by atoms with Gasteiger partial charge < -0.3 is 10.1 Å². The first-order valence-corrected chi connectivity index (χ1v) is 8.92. The zero-order chi connectivity index (χ0) is 20.2. The molecule has 2 aromatic heterocycles. The molecule has 0 unspecified atom stereocenters. The van der Waals surface area contributed by atoms with Crippen molar-refractivity contribution >= 4 is 29.0 Å². The Morgan fingerprint density at radius 3 is 2.41 bits per heavy atom. The molecule has 2 heterocycles.